The molecule has 4 heteroatoms. The van der Waals surface area contributed by atoms with Gasteiger partial charge in [0.2, 0.25) is 0 Å². The zero-order chi connectivity index (χ0) is 16.0. The Labute approximate surface area is 132 Å². The van der Waals surface area contributed by atoms with Crippen LogP contribution in [0.1, 0.15) is 0 Å². The fourth-order valence-electron chi connectivity index (χ4n) is 2.77. The molecule has 0 saturated heterocycles. The standard InChI is InChI=1S/C19H14N2O2/c1-21-6-4-12(5-7-21)17-10-15-8-13-2-3-16(20)9-14(13)11-18(15)23-19(17)22/h2-11,20H,1H3/p+1. The van der Waals surface area contributed by atoms with Crippen LogP contribution in [0.15, 0.2) is 70.1 Å². The average Bonchev–Trinajstić information content (AvgIpc) is 2.53. The van der Waals surface area contributed by atoms with Gasteiger partial charge in [0.05, 0.1) is 5.56 Å². The summed E-state index contributed by atoms with van der Waals surface area (Å²) in [5.74, 6) is 0. The summed E-state index contributed by atoms with van der Waals surface area (Å²) in [4.78, 5) is 12.3. The highest BCUT2D eigenvalue weighted by atomic mass is 16.4. The fraction of sp³-hybridized carbons (Fsp3) is 0.0526. The molecule has 2 aromatic carbocycles. The minimum Gasteiger partial charge on any atom is -0.422 e. The minimum absolute atomic E-state index is 0.338. The monoisotopic (exact) mass is 303 g/mol. The lowest BCUT2D eigenvalue weighted by molar-refractivity contribution is -0.671. The maximum absolute atomic E-state index is 12.3. The van der Waals surface area contributed by atoms with Crippen molar-refractivity contribution in [3.05, 3.63) is 71.3 Å². The average molecular weight is 303 g/mol. The van der Waals surface area contributed by atoms with Gasteiger partial charge >= 0.3 is 5.63 Å². The lowest BCUT2D eigenvalue weighted by atomic mass is 10.0. The van der Waals surface area contributed by atoms with E-state index in [2.05, 4.69) is 0 Å². The van der Waals surface area contributed by atoms with Crippen LogP contribution >= 0.6 is 0 Å². The maximum atomic E-state index is 12.3. The molecule has 4 nitrogen and oxygen atoms in total. The van der Waals surface area contributed by atoms with Gasteiger partial charge in [-0.05, 0) is 41.1 Å². The summed E-state index contributed by atoms with van der Waals surface area (Å²) >= 11 is 0. The number of rotatable bonds is 1. The van der Waals surface area contributed by atoms with E-state index >= 15 is 0 Å². The van der Waals surface area contributed by atoms with Crippen molar-refractivity contribution in [2.75, 3.05) is 5.73 Å². The van der Waals surface area contributed by atoms with E-state index in [4.69, 9.17) is 10.2 Å². The topological polar surface area (TPSA) is 60.1 Å². The first kappa shape index (κ1) is 13.5. The molecule has 0 atom stereocenters. The van der Waals surface area contributed by atoms with Crippen LogP contribution in [0.4, 0.5) is 5.69 Å². The molecular weight excluding hydrogens is 288 g/mol. The van der Waals surface area contributed by atoms with Crippen LogP contribution < -0.4 is 15.9 Å². The van der Waals surface area contributed by atoms with Crippen LogP contribution in [0.25, 0.3) is 32.9 Å². The predicted molar refractivity (Wildman–Crippen MR) is 91.0 cm³/mol. The summed E-state index contributed by atoms with van der Waals surface area (Å²) in [5, 5.41) is 2.91. The third kappa shape index (κ3) is 2.34. The highest BCUT2D eigenvalue weighted by Crippen LogP contribution is 2.26. The number of hydrogen-bond donors (Lipinski definition) is 1. The summed E-state index contributed by atoms with van der Waals surface area (Å²) in [7, 11) is 1.94. The summed E-state index contributed by atoms with van der Waals surface area (Å²) < 4.78 is 7.44. The van der Waals surface area contributed by atoms with E-state index in [0.717, 1.165) is 21.7 Å². The third-order valence-corrected chi connectivity index (χ3v) is 4.00. The van der Waals surface area contributed by atoms with E-state index < -0.39 is 0 Å². The van der Waals surface area contributed by atoms with Gasteiger partial charge in [-0.3, -0.25) is 0 Å². The molecule has 0 bridgehead atoms. The normalized spacial score (nSPS) is 11.2. The molecule has 4 rings (SSSR count). The molecule has 0 amide bonds. The van der Waals surface area contributed by atoms with Gasteiger partial charge in [-0.25, -0.2) is 9.36 Å². The van der Waals surface area contributed by atoms with Gasteiger partial charge in [-0.2, -0.15) is 0 Å². The maximum Gasteiger partial charge on any atom is 0.344 e. The Hall–Kier alpha value is -3.14. The highest BCUT2D eigenvalue weighted by molar-refractivity contribution is 5.97. The molecule has 0 saturated carbocycles. The van der Waals surface area contributed by atoms with Crippen molar-refractivity contribution >= 4 is 27.4 Å². The van der Waals surface area contributed by atoms with Crippen LogP contribution in [-0.2, 0) is 7.05 Å². The second kappa shape index (κ2) is 4.95. The first-order valence-electron chi connectivity index (χ1n) is 7.33. The second-order valence-corrected chi connectivity index (χ2v) is 5.70. The number of fused-ring (bicyclic) bond motifs is 2. The Morgan fingerprint density at radius 2 is 1.70 bits per heavy atom. The number of pyridine rings is 1. The van der Waals surface area contributed by atoms with Crippen LogP contribution in [0.3, 0.4) is 0 Å². The van der Waals surface area contributed by atoms with Crippen molar-refractivity contribution in [1.29, 1.82) is 0 Å². The Balaban J connectivity index is 1.99. The van der Waals surface area contributed by atoms with Crippen molar-refractivity contribution in [1.82, 2.24) is 0 Å². The van der Waals surface area contributed by atoms with Gasteiger partial charge in [0.1, 0.15) is 12.6 Å². The second-order valence-electron chi connectivity index (χ2n) is 5.70. The minimum atomic E-state index is -0.338. The lowest BCUT2D eigenvalue weighted by Crippen LogP contribution is -2.25. The summed E-state index contributed by atoms with van der Waals surface area (Å²) in [6, 6.07) is 15.3. The summed E-state index contributed by atoms with van der Waals surface area (Å²) in [5.41, 5.74) is 8.14. The van der Waals surface area contributed by atoms with E-state index in [9.17, 15) is 4.79 Å². The quantitative estimate of drug-likeness (QED) is 0.254. The molecule has 0 fully saturated rings. The number of aryl methyl sites for hydroxylation is 1. The number of nitrogens with two attached hydrogens (primary N) is 1. The molecule has 23 heavy (non-hydrogen) atoms. The molecule has 0 aliphatic rings. The van der Waals surface area contributed by atoms with Gasteiger partial charge in [-0.15, -0.1) is 0 Å². The largest absolute Gasteiger partial charge is 0.422 e. The Morgan fingerprint density at radius 1 is 0.913 bits per heavy atom. The number of benzene rings is 2. The van der Waals surface area contributed by atoms with E-state index in [1.807, 2.05) is 72.5 Å². The Kier molecular flexibility index (Phi) is 2.91. The van der Waals surface area contributed by atoms with Crippen LogP contribution in [0.2, 0.25) is 0 Å². The molecule has 0 unspecified atom stereocenters. The number of hydrogen-bond acceptors (Lipinski definition) is 3. The molecule has 112 valence electrons. The first-order chi connectivity index (χ1) is 11.1. The molecule has 4 aromatic rings. The molecule has 0 aliphatic carbocycles. The van der Waals surface area contributed by atoms with Crippen molar-refractivity contribution in [3.8, 4) is 11.1 Å². The van der Waals surface area contributed by atoms with Crippen LogP contribution in [0.5, 0.6) is 0 Å². The Morgan fingerprint density at radius 3 is 2.48 bits per heavy atom. The van der Waals surface area contributed by atoms with Crippen molar-refractivity contribution < 1.29 is 8.98 Å². The van der Waals surface area contributed by atoms with Gasteiger partial charge in [0.25, 0.3) is 0 Å². The molecule has 2 heterocycles. The number of nitrogens with zero attached hydrogens (tertiary/aromatic N) is 1. The van der Waals surface area contributed by atoms with Crippen molar-refractivity contribution in [3.63, 3.8) is 0 Å². The highest BCUT2D eigenvalue weighted by Gasteiger charge is 2.10. The van der Waals surface area contributed by atoms with E-state index in [1.165, 1.54) is 0 Å². The molecule has 2 aromatic heterocycles. The number of nitrogen functional groups attached to an aromatic ring is 1. The molecule has 2 N–H and O–H groups in total. The predicted octanol–water partition coefficient (Wildman–Crippen LogP) is 3.02. The summed E-state index contributed by atoms with van der Waals surface area (Å²) in [6.07, 6.45) is 3.81. The van der Waals surface area contributed by atoms with Gasteiger partial charge in [0, 0.05) is 28.8 Å². The van der Waals surface area contributed by atoms with Crippen molar-refractivity contribution in [2.45, 2.75) is 0 Å². The zero-order valence-corrected chi connectivity index (χ0v) is 12.6. The van der Waals surface area contributed by atoms with E-state index in [-0.39, 0.29) is 5.63 Å². The molecular formula is C19H15N2O2+. The van der Waals surface area contributed by atoms with Gasteiger partial charge < -0.3 is 10.2 Å². The smallest absolute Gasteiger partial charge is 0.344 e. The van der Waals surface area contributed by atoms with Gasteiger partial charge in [-0.1, -0.05) is 6.07 Å². The lowest BCUT2D eigenvalue weighted by Gasteiger charge is -2.05. The molecule has 0 spiro atoms. The van der Waals surface area contributed by atoms with Crippen LogP contribution in [0, 0.1) is 0 Å². The van der Waals surface area contributed by atoms with E-state index in [1.54, 1.807) is 0 Å². The number of aromatic nitrogens is 1. The SMILES string of the molecule is C[n+]1ccc(-c2cc3cc4ccc(N)cc4cc3oc2=O)cc1. The molecule has 0 aliphatic heterocycles. The van der Waals surface area contributed by atoms with Gasteiger partial charge in [0.15, 0.2) is 12.4 Å². The number of anilines is 1. The van der Waals surface area contributed by atoms with Crippen molar-refractivity contribution in [2.24, 2.45) is 7.05 Å². The Bertz CT molecular complexity index is 1100. The third-order valence-electron chi connectivity index (χ3n) is 4.00. The first-order valence-corrected chi connectivity index (χ1v) is 7.33. The fourth-order valence-corrected chi connectivity index (χ4v) is 2.77. The zero-order valence-electron chi connectivity index (χ0n) is 12.6. The summed E-state index contributed by atoms with van der Waals surface area (Å²) in [6.45, 7) is 0. The van der Waals surface area contributed by atoms with Crippen LogP contribution in [-0.4, -0.2) is 0 Å². The van der Waals surface area contributed by atoms with E-state index in [0.29, 0.717) is 16.8 Å². The molecule has 0 radical (unpaired) electrons.